The zero-order valence-electron chi connectivity index (χ0n) is 16.1. The summed E-state index contributed by atoms with van der Waals surface area (Å²) < 4.78 is 0. The third-order valence-corrected chi connectivity index (χ3v) is 4.80. The molecule has 0 heterocycles. The standard InChI is InChI=1S/C21H32N2O2/c1-15(17-12-11-16-8-5-6-9-18(16)14-17)23-19(24)10-7-13-22-20(25)21(2,3)4/h11-12,14-15H,5-10,13H2,1-4H3,(H,22,25)(H,23,24). The van der Waals surface area contributed by atoms with Crippen LogP contribution in [-0.2, 0) is 22.4 Å². The molecule has 2 N–H and O–H groups in total. The summed E-state index contributed by atoms with van der Waals surface area (Å²) in [6, 6.07) is 6.62. The number of hydrogen-bond acceptors (Lipinski definition) is 2. The maximum absolute atomic E-state index is 12.1. The molecule has 25 heavy (non-hydrogen) atoms. The molecule has 1 aliphatic rings. The van der Waals surface area contributed by atoms with Gasteiger partial charge in [-0.1, -0.05) is 39.0 Å². The molecule has 0 radical (unpaired) electrons. The zero-order valence-corrected chi connectivity index (χ0v) is 16.1. The second-order valence-electron chi connectivity index (χ2n) is 8.13. The van der Waals surface area contributed by atoms with Crippen molar-refractivity contribution in [3.8, 4) is 0 Å². The van der Waals surface area contributed by atoms with Gasteiger partial charge in [-0.2, -0.15) is 0 Å². The number of carbonyl (C=O) groups excluding carboxylic acids is 2. The average Bonchev–Trinajstić information content (AvgIpc) is 2.57. The number of aryl methyl sites for hydroxylation is 2. The van der Waals surface area contributed by atoms with Crippen LogP contribution >= 0.6 is 0 Å². The second-order valence-corrected chi connectivity index (χ2v) is 8.13. The number of amides is 2. The lowest BCUT2D eigenvalue weighted by Crippen LogP contribution is -2.36. The predicted octanol–water partition coefficient (Wildman–Crippen LogP) is 3.69. The van der Waals surface area contributed by atoms with E-state index in [9.17, 15) is 9.59 Å². The fraction of sp³-hybridized carbons (Fsp3) is 0.619. The molecule has 1 aromatic rings. The molecule has 0 bridgehead atoms. The van der Waals surface area contributed by atoms with Crippen LogP contribution in [0, 0.1) is 5.41 Å². The summed E-state index contributed by atoms with van der Waals surface area (Å²) in [6.07, 6.45) is 5.96. The Kier molecular flexibility index (Phi) is 6.63. The highest BCUT2D eigenvalue weighted by Gasteiger charge is 2.20. The van der Waals surface area contributed by atoms with Crippen LogP contribution in [0.2, 0.25) is 0 Å². The van der Waals surface area contributed by atoms with Gasteiger partial charge in [0.2, 0.25) is 11.8 Å². The first-order valence-corrected chi connectivity index (χ1v) is 9.47. The summed E-state index contributed by atoms with van der Waals surface area (Å²) in [5.74, 6) is 0.0607. The van der Waals surface area contributed by atoms with Crippen molar-refractivity contribution < 1.29 is 9.59 Å². The summed E-state index contributed by atoms with van der Waals surface area (Å²) in [6.45, 7) is 8.22. The van der Waals surface area contributed by atoms with E-state index >= 15 is 0 Å². The minimum Gasteiger partial charge on any atom is -0.356 e. The van der Waals surface area contributed by atoms with Gasteiger partial charge in [0.1, 0.15) is 0 Å². The van der Waals surface area contributed by atoms with Gasteiger partial charge in [0.25, 0.3) is 0 Å². The van der Waals surface area contributed by atoms with Crippen molar-refractivity contribution in [3.05, 3.63) is 34.9 Å². The first-order valence-electron chi connectivity index (χ1n) is 9.47. The largest absolute Gasteiger partial charge is 0.356 e. The Balaban J connectivity index is 1.76. The Hall–Kier alpha value is -1.84. The molecule has 4 heteroatoms. The minimum atomic E-state index is -0.386. The van der Waals surface area contributed by atoms with Crippen molar-refractivity contribution in [1.29, 1.82) is 0 Å². The molecule has 0 saturated heterocycles. The van der Waals surface area contributed by atoms with Crippen LogP contribution in [0.15, 0.2) is 18.2 Å². The Morgan fingerprint density at radius 3 is 2.48 bits per heavy atom. The number of benzene rings is 1. The fourth-order valence-electron chi connectivity index (χ4n) is 3.14. The monoisotopic (exact) mass is 344 g/mol. The van der Waals surface area contributed by atoms with Gasteiger partial charge in [0, 0.05) is 18.4 Å². The molecule has 138 valence electrons. The van der Waals surface area contributed by atoms with Gasteiger partial charge in [-0.05, 0) is 55.7 Å². The normalized spacial score (nSPS) is 15.2. The quantitative estimate of drug-likeness (QED) is 0.773. The Labute approximate surface area is 151 Å². The van der Waals surface area contributed by atoms with E-state index in [4.69, 9.17) is 0 Å². The van der Waals surface area contributed by atoms with Crippen LogP contribution in [-0.4, -0.2) is 18.4 Å². The molecule has 2 rings (SSSR count). The predicted molar refractivity (Wildman–Crippen MR) is 101 cm³/mol. The van der Waals surface area contributed by atoms with Gasteiger partial charge in [-0.3, -0.25) is 9.59 Å². The molecule has 0 saturated carbocycles. The van der Waals surface area contributed by atoms with Crippen molar-refractivity contribution in [3.63, 3.8) is 0 Å². The first kappa shape index (κ1) is 19.5. The fourth-order valence-corrected chi connectivity index (χ4v) is 3.14. The van der Waals surface area contributed by atoms with Crippen LogP contribution in [0.1, 0.15) is 76.1 Å². The van der Waals surface area contributed by atoms with Crippen molar-refractivity contribution in [2.45, 2.75) is 72.3 Å². The van der Waals surface area contributed by atoms with Gasteiger partial charge < -0.3 is 10.6 Å². The van der Waals surface area contributed by atoms with Gasteiger partial charge in [0.05, 0.1) is 6.04 Å². The first-order chi connectivity index (χ1) is 11.8. The molecule has 1 aliphatic carbocycles. The van der Waals surface area contributed by atoms with E-state index in [0.717, 1.165) is 6.42 Å². The Bertz CT molecular complexity index is 617. The van der Waals surface area contributed by atoms with Crippen molar-refractivity contribution in [2.24, 2.45) is 5.41 Å². The van der Waals surface area contributed by atoms with Crippen LogP contribution in [0.25, 0.3) is 0 Å². The zero-order chi connectivity index (χ0) is 18.4. The van der Waals surface area contributed by atoms with Crippen LogP contribution in [0.3, 0.4) is 0 Å². The molecule has 1 aromatic carbocycles. The molecule has 1 atom stereocenters. The molecule has 0 fully saturated rings. The van der Waals surface area contributed by atoms with E-state index in [0.29, 0.717) is 19.4 Å². The van der Waals surface area contributed by atoms with Gasteiger partial charge in [0.15, 0.2) is 0 Å². The number of hydrogen-bond donors (Lipinski definition) is 2. The van der Waals surface area contributed by atoms with Crippen LogP contribution < -0.4 is 10.6 Å². The van der Waals surface area contributed by atoms with Crippen molar-refractivity contribution in [2.75, 3.05) is 6.54 Å². The van der Waals surface area contributed by atoms with Gasteiger partial charge >= 0.3 is 0 Å². The molecule has 0 spiro atoms. The van der Waals surface area contributed by atoms with Crippen molar-refractivity contribution in [1.82, 2.24) is 10.6 Å². The average molecular weight is 344 g/mol. The van der Waals surface area contributed by atoms with E-state index in [1.54, 1.807) is 0 Å². The second kappa shape index (κ2) is 8.50. The third kappa shape index (κ3) is 5.87. The smallest absolute Gasteiger partial charge is 0.225 e. The van der Waals surface area contributed by atoms with Crippen molar-refractivity contribution >= 4 is 11.8 Å². The summed E-state index contributed by atoms with van der Waals surface area (Å²) in [7, 11) is 0. The van der Waals surface area contributed by atoms with Gasteiger partial charge in [-0.15, -0.1) is 0 Å². The summed E-state index contributed by atoms with van der Waals surface area (Å²) in [5, 5.41) is 5.95. The van der Waals surface area contributed by atoms with E-state index in [2.05, 4.69) is 28.8 Å². The maximum atomic E-state index is 12.1. The highest BCUT2D eigenvalue weighted by Crippen LogP contribution is 2.24. The summed E-state index contributed by atoms with van der Waals surface area (Å²) in [4.78, 5) is 23.9. The van der Waals surface area contributed by atoms with Crippen LogP contribution in [0.4, 0.5) is 0 Å². The van der Waals surface area contributed by atoms with E-state index < -0.39 is 0 Å². The topological polar surface area (TPSA) is 58.2 Å². The lowest BCUT2D eigenvalue weighted by Gasteiger charge is -2.20. The molecule has 0 aliphatic heterocycles. The highest BCUT2D eigenvalue weighted by atomic mass is 16.2. The maximum Gasteiger partial charge on any atom is 0.225 e. The van der Waals surface area contributed by atoms with E-state index in [1.807, 2.05) is 27.7 Å². The minimum absolute atomic E-state index is 0.0175. The molecule has 0 aromatic heterocycles. The lowest BCUT2D eigenvalue weighted by molar-refractivity contribution is -0.128. The van der Waals surface area contributed by atoms with Gasteiger partial charge in [-0.25, -0.2) is 0 Å². The SMILES string of the molecule is CC(NC(=O)CCCNC(=O)C(C)(C)C)c1ccc2c(c1)CCCC2. The lowest BCUT2D eigenvalue weighted by atomic mass is 9.89. The highest BCUT2D eigenvalue weighted by molar-refractivity contribution is 5.81. The van der Waals surface area contributed by atoms with E-state index in [-0.39, 0.29) is 23.3 Å². The van der Waals surface area contributed by atoms with E-state index in [1.165, 1.54) is 36.0 Å². The summed E-state index contributed by atoms with van der Waals surface area (Å²) >= 11 is 0. The molecule has 1 unspecified atom stereocenters. The number of fused-ring (bicyclic) bond motifs is 1. The molecule has 2 amide bonds. The Morgan fingerprint density at radius 1 is 1.12 bits per heavy atom. The number of carbonyl (C=O) groups is 2. The Morgan fingerprint density at radius 2 is 1.80 bits per heavy atom. The molecule has 4 nitrogen and oxygen atoms in total. The number of rotatable bonds is 6. The number of nitrogens with one attached hydrogen (secondary N) is 2. The third-order valence-electron chi connectivity index (χ3n) is 4.80. The molecular weight excluding hydrogens is 312 g/mol. The summed E-state index contributed by atoms with van der Waals surface area (Å²) in [5.41, 5.74) is 3.69. The molecular formula is C21H32N2O2. The van der Waals surface area contributed by atoms with Crippen LogP contribution in [0.5, 0.6) is 0 Å².